The fourth-order valence-electron chi connectivity index (χ4n) is 3.35. The molecule has 4 heterocycles. The fourth-order valence-corrected chi connectivity index (χ4v) is 3.35. The minimum absolute atomic E-state index is 0.296. The van der Waals surface area contributed by atoms with Crippen molar-refractivity contribution >= 4 is 5.52 Å². The summed E-state index contributed by atoms with van der Waals surface area (Å²) in [5, 5.41) is 7.71. The third-order valence-corrected chi connectivity index (χ3v) is 4.64. The highest BCUT2D eigenvalue weighted by molar-refractivity contribution is 5.53. The van der Waals surface area contributed by atoms with Crippen LogP contribution < -0.4 is 5.32 Å². The highest BCUT2D eigenvalue weighted by Gasteiger charge is 2.35. The molecule has 0 bridgehead atoms. The predicted octanol–water partition coefficient (Wildman–Crippen LogP) is 2.90. The zero-order valence-corrected chi connectivity index (χ0v) is 13.5. The molecule has 0 aromatic carbocycles. The molecular weight excluding hydrogens is 331 g/mol. The van der Waals surface area contributed by atoms with Gasteiger partial charge in [0.1, 0.15) is 5.82 Å². The highest BCUT2D eigenvalue weighted by atomic mass is 19.4. The van der Waals surface area contributed by atoms with Gasteiger partial charge < -0.3 is 9.88 Å². The fraction of sp³-hybridized carbons (Fsp3) is 0.412. The molecule has 1 atom stereocenters. The molecule has 0 saturated heterocycles. The van der Waals surface area contributed by atoms with Gasteiger partial charge in [0.25, 0.3) is 0 Å². The smallest absolute Gasteiger partial charge is 0.334 e. The van der Waals surface area contributed by atoms with Gasteiger partial charge in [0.15, 0.2) is 5.69 Å². The second-order valence-corrected chi connectivity index (χ2v) is 6.43. The zero-order chi connectivity index (χ0) is 17.4. The SMILES string of the molecule is FC(F)(F)c1cn2c(n1)CCC(CNCc1cnn3ccccc13)C2. The lowest BCUT2D eigenvalue weighted by Gasteiger charge is -2.23. The van der Waals surface area contributed by atoms with E-state index in [1.807, 2.05) is 35.1 Å². The molecule has 1 aliphatic heterocycles. The van der Waals surface area contributed by atoms with E-state index in [4.69, 9.17) is 0 Å². The molecule has 3 aromatic heterocycles. The Labute approximate surface area is 142 Å². The van der Waals surface area contributed by atoms with Gasteiger partial charge >= 0.3 is 6.18 Å². The summed E-state index contributed by atoms with van der Waals surface area (Å²) in [6.07, 6.45) is 1.93. The number of halogens is 3. The maximum Gasteiger partial charge on any atom is 0.434 e. The molecule has 0 fully saturated rings. The maximum atomic E-state index is 12.8. The summed E-state index contributed by atoms with van der Waals surface area (Å²) in [4.78, 5) is 3.72. The lowest BCUT2D eigenvalue weighted by molar-refractivity contribution is -0.141. The van der Waals surface area contributed by atoms with Crippen LogP contribution in [0.15, 0.2) is 36.8 Å². The minimum Gasteiger partial charge on any atom is -0.334 e. The predicted molar refractivity (Wildman–Crippen MR) is 85.9 cm³/mol. The van der Waals surface area contributed by atoms with E-state index in [9.17, 15) is 13.2 Å². The van der Waals surface area contributed by atoms with E-state index < -0.39 is 11.9 Å². The van der Waals surface area contributed by atoms with E-state index in [0.29, 0.717) is 31.3 Å². The molecule has 4 rings (SSSR count). The number of nitrogens with one attached hydrogen (secondary N) is 1. The summed E-state index contributed by atoms with van der Waals surface area (Å²) < 4.78 is 41.8. The lowest BCUT2D eigenvalue weighted by atomic mass is 9.99. The van der Waals surface area contributed by atoms with Gasteiger partial charge in [-0.15, -0.1) is 0 Å². The van der Waals surface area contributed by atoms with Gasteiger partial charge in [-0.3, -0.25) is 0 Å². The summed E-state index contributed by atoms with van der Waals surface area (Å²) >= 11 is 0. The average Bonchev–Trinajstić information content (AvgIpc) is 3.18. The molecule has 5 nitrogen and oxygen atoms in total. The van der Waals surface area contributed by atoms with Crippen molar-refractivity contribution in [2.24, 2.45) is 5.92 Å². The van der Waals surface area contributed by atoms with E-state index in [0.717, 1.165) is 30.2 Å². The van der Waals surface area contributed by atoms with E-state index in [2.05, 4.69) is 15.4 Å². The summed E-state index contributed by atoms with van der Waals surface area (Å²) in [5.74, 6) is 0.829. The molecule has 0 saturated carbocycles. The van der Waals surface area contributed by atoms with Crippen LogP contribution in [0.25, 0.3) is 5.52 Å². The number of fused-ring (bicyclic) bond motifs is 2. The summed E-state index contributed by atoms with van der Waals surface area (Å²) in [6, 6.07) is 5.92. The summed E-state index contributed by atoms with van der Waals surface area (Å²) in [7, 11) is 0. The van der Waals surface area contributed by atoms with Crippen LogP contribution in [-0.2, 0) is 25.7 Å². The number of hydrogen-bond acceptors (Lipinski definition) is 3. The zero-order valence-electron chi connectivity index (χ0n) is 13.5. The molecule has 0 amide bonds. The first-order chi connectivity index (χ1) is 12.0. The Balaban J connectivity index is 1.36. The van der Waals surface area contributed by atoms with Crippen molar-refractivity contribution in [3.05, 3.63) is 53.9 Å². The van der Waals surface area contributed by atoms with Crippen LogP contribution in [0, 0.1) is 5.92 Å². The van der Waals surface area contributed by atoms with Crippen molar-refractivity contribution in [3.63, 3.8) is 0 Å². The van der Waals surface area contributed by atoms with Gasteiger partial charge in [-0.25, -0.2) is 9.50 Å². The third-order valence-electron chi connectivity index (χ3n) is 4.64. The Bertz CT molecular complexity index is 880. The first-order valence-corrected chi connectivity index (χ1v) is 8.26. The van der Waals surface area contributed by atoms with Gasteiger partial charge in [0, 0.05) is 37.5 Å². The molecular formula is C17H18F3N5. The molecule has 8 heteroatoms. The Hall–Kier alpha value is -2.35. The monoisotopic (exact) mass is 349 g/mol. The summed E-state index contributed by atoms with van der Waals surface area (Å²) in [5.41, 5.74) is 1.38. The topological polar surface area (TPSA) is 47.2 Å². The highest BCUT2D eigenvalue weighted by Crippen LogP contribution is 2.30. The van der Waals surface area contributed by atoms with Crippen LogP contribution in [0.1, 0.15) is 23.5 Å². The molecule has 1 unspecified atom stereocenters. The molecule has 0 radical (unpaired) electrons. The first kappa shape index (κ1) is 16.1. The second kappa shape index (κ2) is 6.18. The van der Waals surface area contributed by atoms with Crippen LogP contribution in [0.2, 0.25) is 0 Å². The van der Waals surface area contributed by atoms with Crippen LogP contribution in [0.3, 0.4) is 0 Å². The number of aryl methyl sites for hydroxylation is 1. The van der Waals surface area contributed by atoms with Gasteiger partial charge in [0.05, 0.1) is 11.7 Å². The Morgan fingerprint density at radius 1 is 1.28 bits per heavy atom. The molecule has 25 heavy (non-hydrogen) atoms. The van der Waals surface area contributed by atoms with Crippen molar-refractivity contribution in [1.82, 2.24) is 24.5 Å². The molecule has 0 spiro atoms. The third kappa shape index (κ3) is 3.26. The van der Waals surface area contributed by atoms with Gasteiger partial charge in [-0.05, 0) is 31.0 Å². The lowest BCUT2D eigenvalue weighted by Crippen LogP contribution is -2.29. The number of pyridine rings is 1. The van der Waals surface area contributed by atoms with Crippen molar-refractivity contribution in [3.8, 4) is 0 Å². The number of nitrogens with zero attached hydrogens (tertiary/aromatic N) is 4. The second-order valence-electron chi connectivity index (χ2n) is 6.43. The molecule has 132 valence electrons. The summed E-state index contributed by atoms with van der Waals surface area (Å²) in [6.45, 7) is 2.01. The number of imidazole rings is 1. The van der Waals surface area contributed by atoms with Crippen molar-refractivity contribution in [1.29, 1.82) is 0 Å². The standard InChI is InChI=1S/C17H18F3N5/c18-17(19,20)15-11-24-10-12(4-5-16(24)23-15)7-21-8-13-9-22-25-6-2-1-3-14(13)25/h1-3,6,9,11-12,21H,4-5,7-8,10H2. The molecule has 1 aliphatic rings. The largest absolute Gasteiger partial charge is 0.434 e. The normalized spacial score (nSPS) is 17.8. The number of rotatable bonds is 4. The van der Waals surface area contributed by atoms with Gasteiger partial charge in [0.2, 0.25) is 0 Å². The number of alkyl halides is 3. The van der Waals surface area contributed by atoms with Crippen LogP contribution in [0.4, 0.5) is 13.2 Å². The van der Waals surface area contributed by atoms with E-state index >= 15 is 0 Å². The van der Waals surface area contributed by atoms with Crippen LogP contribution >= 0.6 is 0 Å². The molecule has 1 N–H and O–H groups in total. The Morgan fingerprint density at radius 3 is 3.00 bits per heavy atom. The first-order valence-electron chi connectivity index (χ1n) is 8.26. The molecule has 3 aromatic rings. The maximum absolute atomic E-state index is 12.8. The van der Waals surface area contributed by atoms with Crippen molar-refractivity contribution < 1.29 is 13.2 Å². The van der Waals surface area contributed by atoms with Crippen LogP contribution in [-0.4, -0.2) is 25.7 Å². The Kier molecular flexibility index (Phi) is 3.99. The van der Waals surface area contributed by atoms with Crippen LogP contribution in [0.5, 0.6) is 0 Å². The van der Waals surface area contributed by atoms with Gasteiger partial charge in [-0.2, -0.15) is 18.3 Å². The quantitative estimate of drug-likeness (QED) is 0.788. The van der Waals surface area contributed by atoms with E-state index in [1.165, 1.54) is 0 Å². The van der Waals surface area contributed by atoms with E-state index in [-0.39, 0.29) is 0 Å². The van der Waals surface area contributed by atoms with E-state index in [1.54, 1.807) is 4.57 Å². The van der Waals surface area contributed by atoms with Crippen molar-refractivity contribution in [2.75, 3.05) is 6.54 Å². The number of aromatic nitrogens is 4. The molecule has 0 aliphatic carbocycles. The van der Waals surface area contributed by atoms with Gasteiger partial charge in [-0.1, -0.05) is 6.07 Å². The van der Waals surface area contributed by atoms with Crippen molar-refractivity contribution in [2.45, 2.75) is 32.1 Å². The number of hydrogen-bond donors (Lipinski definition) is 1. The Morgan fingerprint density at radius 2 is 2.16 bits per heavy atom. The average molecular weight is 349 g/mol. The minimum atomic E-state index is -4.37.